The number of anilines is 1. The number of nitrogens with zero attached hydrogens (tertiary/aromatic N) is 1. The lowest BCUT2D eigenvalue weighted by Gasteiger charge is -2.16. The number of ether oxygens (including phenoxy) is 2. The van der Waals surface area contributed by atoms with Crippen LogP contribution in [0.15, 0.2) is 72.8 Å². The summed E-state index contributed by atoms with van der Waals surface area (Å²) in [7, 11) is 0. The van der Waals surface area contributed by atoms with E-state index in [4.69, 9.17) is 10.00 Å². The van der Waals surface area contributed by atoms with Gasteiger partial charge in [0.2, 0.25) is 0 Å². The fraction of sp³-hybridized carbons (Fsp3) is 0.136. The molecule has 0 saturated carbocycles. The van der Waals surface area contributed by atoms with E-state index in [2.05, 4.69) is 10.1 Å². The molecule has 1 unspecified atom stereocenters. The Morgan fingerprint density at radius 1 is 0.967 bits per heavy atom. The molecule has 1 atom stereocenters. The van der Waals surface area contributed by atoms with Crippen molar-refractivity contribution in [3.05, 3.63) is 89.5 Å². The molecule has 5 nitrogen and oxygen atoms in total. The quantitative estimate of drug-likeness (QED) is 0.524. The number of rotatable bonds is 7. The van der Waals surface area contributed by atoms with Gasteiger partial charge in [0.05, 0.1) is 11.6 Å². The zero-order valence-electron chi connectivity index (χ0n) is 15.6. The fourth-order valence-electron chi connectivity index (χ4n) is 2.61. The number of benzene rings is 3. The maximum atomic E-state index is 12.2. The molecule has 3 rings (SSSR count). The molecule has 3 aromatic carbocycles. The number of nitrogens with one attached hydrogen (secondary N) is 1. The molecular weight excluding hydrogens is 397 g/mol. The van der Waals surface area contributed by atoms with Gasteiger partial charge < -0.3 is 19.9 Å². The van der Waals surface area contributed by atoms with Crippen LogP contribution in [0.4, 0.5) is 18.9 Å². The van der Waals surface area contributed by atoms with E-state index in [1.165, 1.54) is 24.3 Å². The number of halogens is 3. The van der Waals surface area contributed by atoms with Crippen LogP contribution in [0.25, 0.3) is 0 Å². The van der Waals surface area contributed by atoms with Crippen LogP contribution in [-0.2, 0) is 6.61 Å². The minimum absolute atomic E-state index is 0.134. The summed E-state index contributed by atoms with van der Waals surface area (Å²) in [5.74, 6) is 0.189. The second-order valence-corrected chi connectivity index (χ2v) is 6.29. The van der Waals surface area contributed by atoms with Crippen molar-refractivity contribution in [2.75, 3.05) is 5.32 Å². The Balaban J connectivity index is 1.59. The average Bonchev–Trinajstić information content (AvgIpc) is 2.73. The molecule has 0 heterocycles. The molecule has 0 aliphatic rings. The zero-order chi connectivity index (χ0) is 21.6. The van der Waals surface area contributed by atoms with E-state index in [0.29, 0.717) is 28.1 Å². The Morgan fingerprint density at radius 3 is 2.30 bits per heavy atom. The normalized spacial score (nSPS) is 12.0. The maximum Gasteiger partial charge on any atom is 0.573 e. The summed E-state index contributed by atoms with van der Waals surface area (Å²) in [6, 6.07) is 20.9. The van der Waals surface area contributed by atoms with E-state index < -0.39 is 12.6 Å². The van der Waals surface area contributed by atoms with Gasteiger partial charge >= 0.3 is 6.36 Å². The van der Waals surface area contributed by atoms with Crippen molar-refractivity contribution in [1.29, 1.82) is 5.26 Å². The second-order valence-electron chi connectivity index (χ2n) is 6.29. The number of nitriles is 1. The van der Waals surface area contributed by atoms with Gasteiger partial charge in [-0.25, -0.2) is 0 Å². The summed E-state index contributed by atoms with van der Waals surface area (Å²) in [6.07, 6.45) is -5.73. The topological polar surface area (TPSA) is 74.5 Å². The molecule has 0 spiro atoms. The van der Waals surface area contributed by atoms with E-state index in [1.807, 2.05) is 6.07 Å². The van der Waals surface area contributed by atoms with Crippen LogP contribution in [0.1, 0.15) is 22.9 Å². The van der Waals surface area contributed by atoms with Crippen LogP contribution >= 0.6 is 0 Å². The molecule has 3 aromatic rings. The number of aliphatic hydroxyl groups excluding tert-OH is 1. The van der Waals surface area contributed by atoms with Crippen LogP contribution in [0.5, 0.6) is 11.5 Å². The molecule has 30 heavy (non-hydrogen) atoms. The summed E-state index contributed by atoms with van der Waals surface area (Å²) in [6.45, 7) is 0.134. The van der Waals surface area contributed by atoms with Crippen molar-refractivity contribution < 1.29 is 27.8 Å². The van der Waals surface area contributed by atoms with Gasteiger partial charge in [-0.15, -0.1) is 13.2 Å². The number of aliphatic hydroxyl groups is 1. The Bertz CT molecular complexity index is 1010. The standard InChI is InChI=1S/C22H17F3N2O3/c23-22(24,25)30-19-10-6-16(7-11-19)14-29-20-3-1-2-17(12-20)21(28)27-18-8-4-15(13-26)5-9-18/h1-12,21,27-28H,14H2. The monoisotopic (exact) mass is 414 g/mol. The lowest BCUT2D eigenvalue weighted by Crippen LogP contribution is -2.17. The Hall–Kier alpha value is -3.70. The Labute approximate surface area is 170 Å². The van der Waals surface area contributed by atoms with Gasteiger partial charge in [0.15, 0.2) is 6.23 Å². The highest BCUT2D eigenvalue weighted by atomic mass is 19.4. The van der Waals surface area contributed by atoms with Crippen LogP contribution in [-0.4, -0.2) is 11.5 Å². The summed E-state index contributed by atoms with van der Waals surface area (Å²) in [5, 5.41) is 22.1. The van der Waals surface area contributed by atoms with Crippen LogP contribution < -0.4 is 14.8 Å². The van der Waals surface area contributed by atoms with Crippen LogP contribution in [0, 0.1) is 11.3 Å². The van der Waals surface area contributed by atoms with Gasteiger partial charge in [0.1, 0.15) is 18.1 Å². The van der Waals surface area contributed by atoms with E-state index in [1.54, 1.807) is 48.5 Å². The number of hydrogen-bond acceptors (Lipinski definition) is 5. The third-order valence-electron chi connectivity index (χ3n) is 4.05. The van der Waals surface area contributed by atoms with Gasteiger partial charge in [-0.3, -0.25) is 0 Å². The molecule has 0 fully saturated rings. The van der Waals surface area contributed by atoms with Gasteiger partial charge in [-0.2, -0.15) is 5.26 Å². The predicted molar refractivity (Wildman–Crippen MR) is 104 cm³/mol. The first-order chi connectivity index (χ1) is 14.3. The van der Waals surface area contributed by atoms with Crippen LogP contribution in [0.3, 0.4) is 0 Å². The summed E-state index contributed by atoms with van der Waals surface area (Å²) in [5.41, 5.74) is 2.38. The summed E-state index contributed by atoms with van der Waals surface area (Å²) < 4.78 is 46.1. The molecule has 0 amide bonds. The third kappa shape index (κ3) is 6.15. The zero-order valence-corrected chi connectivity index (χ0v) is 15.6. The summed E-state index contributed by atoms with van der Waals surface area (Å²) in [4.78, 5) is 0. The molecule has 8 heteroatoms. The van der Waals surface area contributed by atoms with E-state index in [9.17, 15) is 18.3 Å². The first-order valence-electron chi connectivity index (χ1n) is 8.84. The van der Waals surface area contributed by atoms with Crippen LogP contribution in [0.2, 0.25) is 0 Å². The van der Waals surface area contributed by atoms with Crippen molar-refractivity contribution in [2.24, 2.45) is 0 Å². The second kappa shape index (κ2) is 9.20. The largest absolute Gasteiger partial charge is 0.573 e. The van der Waals surface area contributed by atoms with Crippen molar-refractivity contribution in [3.63, 3.8) is 0 Å². The molecule has 154 valence electrons. The molecule has 2 N–H and O–H groups in total. The van der Waals surface area contributed by atoms with Gasteiger partial charge in [0, 0.05) is 11.3 Å². The maximum absolute atomic E-state index is 12.2. The molecular formula is C22H17F3N2O3. The minimum atomic E-state index is -4.73. The molecule has 0 aromatic heterocycles. The van der Waals surface area contributed by atoms with Crippen molar-refractivity contribution in [2.45, 2.75) is 19.2 Å². The lowest BCUT2D eigenvalue weighted by atomic mass is 10.1. The first-order valence-corrected chi connectivity index (χ1v) is 8.84. The lowest BCUT2D eigenvalue weighted by molar-refractivity contribution is -0.274. The van der Waals surface area contributed by atoms with Crippen molar-refractivity contribution in [3.8, 4) is 17.6 Å². The fourth-order valence-corrected chi connectivity index (χ4v) is 2.61. The number of hydrogen-bond donors (Lipinski definition) is 2. The van der Waals surface area contributed by atoms with E-state index in [0.717, 1.165) is 0 Å². The molecule has 0 bridgehead atoms. The molecule has 0 aliphatic carbocycles. The highest BCUT2D eigenvalue weighted by Gasteiger charge is 2.30. The van der Waals surface area contributed by atoms with Gasteiger partial charge in [-0.1, -0.05) is 24.3 Å². The van der Waals surface area contributed by atoms with E-state index in [-0.39, 0.29) is 12.4 Å². The SMILES string of the molecule is N#Cc1ccc(NC(O)c2cccc(OCc3ccc(OC(F)(F)F)cc3)c2)cc1. The highest BCUT2D eigenvalue weighted by Crippen LogP contribution is 2.24. The molecule has 0 radical (unpaired) electrons. The van der Waals surface area contributed by atoms with Crippen molar-refractivity contribution in [1.82, 2.24) is 0 Å². The molecule has 0 aliphatic heterocycles. The highest BCUT2D eigenvalue weighted by molar-refractivity contribution is 5.48. The summed E-state index contributed by atoms with van der Waals surface area (Å²) >= 11 is 0. The average molecular weight is 414 g/mol. The van der Waals surface area contributed by atoms with Gasteiger partial charge in [0.25, 0.3) is 0 Å². The van der Waals surface area contributed by atoms with Gasteiger partial charge in [-0.05, 0) is 54.1 Å². The smallest absolute Gasteiger partial charge is 0.489 e. The molecule has 0 saturated heterocycles. The van der Waals surface area contributed by atoms with E-state index >= 15 is 0 Å². The predicted octanol–water partition coefficient (Wildman–Crippen LogP) is 5.14. The third-order valence-corrected chi connectivity index (χ3v) is 4.05. The Kier molecular flexibility index (Phi) is 6.45. The minimum Gasteiger partial charge on any atom is -0.489 e. The Morgan fingerprint density at radius 2 is 1.67 bits per heavy atom. The number of alkyl halides is 3. The van der Waals surface area contributed by atoms with Crippen molar-refractivity contribution >= 4 is 5.69 Å². The first kappa shape index (κ1) is 21.0.